The summed E-state index contributed by atoms with van der Waals surface area (Å²) in [5.74, 6) is 0.332. The van der Waals surface area contributed by atoms with Crippen molar-refractivity contribution in [3.8, 4) is 11.3 Å². The van der Waals surface area contributed by atoms with Crippen molar-refractivity contribution in [3.05, 3.63) is 75.3 Å². The number of amides is 1. The summed E-state index contributed by atoms with van der Waals surface area (Å²) in [7, 11) is 3.00. The molecule has 7 heteroatoms. The minimum Gasteiger partial charge on any atom is -0.465 e. The summed E-state index contributed by atoms with van der Waals surface area (Å²) in [6, 6.07) is 13.1. The molecule has 0 N–H and O–H groups in total. The summed E-state index contributed by atoms with van der Waals surface area (Å²) in [5, 5.41) is 0. The molecule has 0 aliphatic rings. The minimum absolute atomic E-state index is 0.176. The van der Waals surface area contributed by atoms with Gasteiger partial charge in [-0.2, -0.15) is 0 Å². The van der Waals surface area contributed by atoms with Crippen LogP contribution in [-0.2, 0) is 11.3 Å². The maximum atomic E-state index is 12.9. The molecule has 0 radical (unpaired) electrons. The van der Waals surface area contributed by atoms with Gasteiger partial charge in [-0.3, -0.25) is 9.78 Å². The van der Waals surface area contributed by atoms with Gasteiger partial charge in [-0.15, -0.1) is 0 Å². The lowest BCUT2D eigenvalue weighted by Crippen LogP contribution is -2.27. The smallest absolute Gasteiger partial charge is 0.341 e. The van der Waals surface area contributed by atoms with E-state index < -0.39 is 5.97 Å². The standard InChI is InChI=1S/C22H21BrN2O4/c1-13-18(8-9-20(24-13)15-6-5-7-16(23)10-15)21(26)25(3)12-17-11-19(14(2)29-17)22(27)28-4/h5-11H,12H2,1-4H3. The molecule has 150 valence electrons. The molecule has 0 saturated carbocycles. The highest BCUT2D eigenvalue weighted by Crippen LogP contribution is 2.23. The van der Waals surface area contributed by atoms with Crippen molar-refractivity contribution >= 4 is 27.8 Å². The number of hydrogen-bond donors (Lipinski definition) is 0. The summed E-state index contributed by atoms with van der Waals surface area (Å²) in [6.45, 7) is 3.73. The van der Waals surface area contributed by atoms with Gasteiger partial charge < -0.3 is 14.1 Å². The molecule has 0 aliphatic carbocycles. The van der Waals surface area contributed by atoms with Crippen LogP contribution in [0, 0.1) is 13.8 Å². The Morgan fingerprint density at radius 2 is 1.90 bits per heavy atom. The lowest BCUT2D eigenvalue weighted by Gasteiger charge is -2.17. The van der Waals surface area contributed by atoms with E-state index in [0.717, 1.165) is 15.7 Å². The first kappa shape index (κ1) is 20.8. The summed E-state index contributed by atoms with van der Waals surface area (Å²) in [4.78, 5) is 30.8. The number of hydrogen-bond acceptors (Lipinski definition) is 5. The van der Waals surface area contributed by atoms with Crippen molar-refractivity contribution in [1.82, 2.24) is 9.88 Å². The van der Waals surface area contributed by atoms with Crippen LogP contribution >= 0.6 is 15.9 Å². The summed E-state index contributed by atoms with van der Waals surface area (Å²) in [6.07, 6.45) is 0. The van der Waals surface area contributed by atoms with E-state index in [1.807, 2.05) is 37.3 Å². The first-order chi connectivity index (χ1) is 13.8. The zero-order valence-corrected chi connectivity index (χ0v) is 18.2. The maximum absolute atomic E-state index is 12.9. The molecular weight excluding hydrogens is 436 g/mol. The number of carbonyl (C=O) groups is 2. The summed E-state index contributed by atoms with van der Waals surface area (Å²) in [5.41, 5.74) is 3.29. The molecular formula is C22H21BrN2O4. The van der Waals surface area contributed by atoms with Gasteiger partial charge in [0.05, 0.1) is 30.6 Å². The van der Waals surface area contributed by atoms with Gasteiger partial charge in [0.2, 0.25) is 0 Å². The molecule has 0 atom stereocenters. The number of aryl methyl sites for hydroxylation is 2. The van der Waals surface area contributed by atoms with Crippen molar-refractivity contribution in [1.29, 1.82) is 0 Å². The second-order valence-corrected chi connectivity index (χ2v) is 7.59. The van der Waals surface area contributed by atoms with Crippen molar-refractivity contribution in [2.24, 2.45) is 0 Å². The van der Waals surface area contributed by atoms with Crippen LogP contribution in [0.2, 0.25) is 0 Å². The number of esters is 1. The first-order valence-corrected chi connectivity index (χ1v) is 9.76. The van der Waals surface area contributed by atoms with Gasteiger partial charge in [-0.1, -0.05) is 28.1 Å². The van der Waals surface area contributed by atoms with Gasteiger partial charge in [0.25, 0.3) is 5.91 Å². The molecule has 3 rings (SSSR count). The number of aromatic nitrogens is 1. The average Bonchev–Trinajstić information content (AvgIpc) is 3.06. The predicted octanol–water partition coefficient (Wildman–Crippen LogP) is 4.78. The quantitative estimate of drug-likeness (QED) is 0.516. The molecule has 0 bridgehead atoms. The van der Waals surface area contributed by atoms with Crippen LogP contribution in [-0.4, -0.2) is 35.9 Å². The Morgan fingerprint density at radius 1 is 1.14 bits per heavy atom. The first-order valence-electron chi connectivity index (χ1n) is 8.97. The number of methoxy groups -OCH3 is 1. The van der Waals surface area contributed by atoms with Crippen molar-refractivity contribution < 1.29 is 18.7 Å². The third-order valence-electron chi connectivity index (χ3n) is 4.55. The van der Waals surface area contributed by atoms with Gasteiger partial charge >= 0.3 is 5.97 Å². The molecule has 2 heterocycles. The van der Waals surface area contributed by atoms with Gasteiger partial charge in [0.1, 0.15) is 17.1 Å². The second kappa shape index (κ2) is 8.61. The Balaban J connectivity index is 1.78. The molecule has 29 heavy (non-hydrogen) atoms. The summed E-state index contributed by atoms with van der Waals surface area (Å²) < 4.78 is 11.3. The molecule has 3 aromatic rings. The molecule has 0 aliphatic heterocycles. The fraction of sp³-hybridized carbons (Fsp3) is 0.227. The molecule has 0 unspecified atom stereocenters. The third kappa shape index (κ3) is 4.56. The highest BCUT2D eigenvalue weighted by Gasteiger charge is 2.20. The topological polar surface area (TPSA) is 72.6 Å². The molecule has 0 spiro atoms. The lowest BCUT2D eigenvalue weighted by atomic mass is 10.1. The predicted molar refractivity (Wildman–Crippen MR) is 113 cm³/mol. The Kier molecular flexibility index (Phi) is 6.17. The summed E-state index contributed by atoms with van der Waals surface area (Å²) >= 11 is 3.46. The fourth-order valence-corrected chi connectivity index (χ4v) is 3.44. The number of nitrogens with zero attached hydrogens (tertiary/aromatic N) is 2. The number of pyridine rings is 1. The van der Waals surface area contributed by atoms with Crippen LogP contribution in [0.4, 0.5) is 0 Å². The lowest BCUT2D eigenvalue weighted by molar-refractivity contribution is 0.0598. The average molecular weight is 457 g/mol. The Hall–Kier alpha value is -2.93. The van der Waals surface area contributed by atoms with Gasteiger partial charge in [-0.25, -0.2) is 4.79 Å². The van der Waals surface area contributed by atoms with E-state index in [-0.39, 0.29) is 12.5 Å². The molecule has 0 saturated heterocycles. The molecule has 0 fully saturated rings. The fourth-order valence-electron chi connectivity index (χ4n) is 3.04. The minimum atomic E-state index is -0.463. The normalized spacial score (nSPS) is 10.7. The Morgan fingerprint density at radius 3 is 2.55 bits per heavy atom. The van der Waals surface area contributed by atoms with Gasteiger partial charge in [0.15, 0.2) is 0 Å². The van der Waals surface area contributed by atoms with Crippen molar-refractivity contribution in [2.75, 3.05) is 14.2 Å². The molecule has 1 aromatic carbocycles. The van der Waals surface area contributed by atoms with E-state index in [9.17, 15) is 9.59 Å². The van der Waals surface area contributed by atoms with E-state index in [2.05, 4.69) is 20.9 Å². The van der Waals surface area contributed by atoms with Gasteiger partial charge in [-0.05, 0) is 44.2 Å². The highest BCUT2D eigenvalue weighted by molar-refractivity contribution is 9.10. The van der Waals surface area contributed by atoms with Crippen LogP contribution in [0.15, 0.2) is 51.4 Å². The van der Waals surface area contributed by atoms with Crippen LogP contribution < -0.4 is 0 Å². The van der Waals surface area contributed by atoms with Crippen LogP contribution in [0.25, 0.3) is 11.3 Å². The van der Waals surface area contributed by atoms with Crippen LogP contribution in [0.5, 0.6) is 0 Å². The second-order valence-electron chi connectivity index (χ2n) is 6.68. The number of halogens is 1. The SMILES string of the molecule is COC(=O)c1cc(CN(C)C(=O)c2ccc(-c3cccc(Br)c3)nc2C)oc1C. The van der Waals surface area contributed by atoms with E-state index in [1.54, 1.807) is 26.1 Å². The Labute approximate surface area is 177 Å². The zero-order chi connectivity index (χ0) is 21.1. The number of benzene rings is 1. The number of rotatable bonds is 5. The largest absolute Gasteiger partial charge is 0.465 e. The number of furan rings is 1. The number of ether oxygens (including phenoxy) is 1. The molecule has 6 nitrogen and oxygen atoms in total. The van der Waals surface area contributed by atoms with E-state index in [1.165, 1.54) is 12.0 Å². The monoisotopic (exact) mass is 456 g/mol. The Bertz CT molecular complexity index is 1070. The van der Waals surface area contributed by atoms with E-state index in [4.69, 9.17) is 9.15 Å². The van der Waals surface area contributed by atoms with Crippen molar-refractivity contribution in [3.63, 3.8) is 0 Å². The van der Waals surface area contributed by atoms with Crippen LogP contribution in [0.1, 0.15) is 37.9 Å². The number of carbonyl (C=O) groups excluding carboxylic acids is 2. The van der Waals surface area contributed by atoms with Crippen LogP contribution in [0.3, 0.4) is 0 Å². The maximum Gasteiger partial charge on any atom is 0.341 e. The van der Waals surface area contributed by atoms with E-state index in [0.29, 0.717) is 28.3 Å². The van der Waals surface area contributed by atoms with Gasteiger partial charge in [0, 0.05) is 17.1 Å². The molecule has 2 aromatic heterocycles. The third-order valence-corrected chi connectivity index (χ3v) is 5.04. The molecule has 1 amide bonds. The zero-order valence-electron chi connectivity index (χ0n) is 16.7. The van der Waals surface area contributed by atoms with E-state index >= 15 is 0 Å². The van der Waals surface area contributed by atoms with Crippen molar-refractivity contribution in [2.45, 2.75) is 20.4 Å². The highest BCUT2D eigenvalue weighted by atomic mass is 79.9.